The van der Waals surface area contributed by atoms with Gasteiger partial charge in [0.05, 0.1) is 0 Å². The van der Waals surface area contributed by atoms with Gasteiger partial charge in [0, 0.05) is 10.8 Å². The number of esters is 2. The highest BCUT2D eigenvalue weighted by molar-refractivity contribution is 8.01. The molecule has 0 N–H and O–H groups in total. The Balaban J connectivity index is 0.000000220. The molecule has 22 heavy (non-hydrogen) atoms. The SMILES string of the molecule is C[C@@H]1S[C@H](C(C)(C)C)OC1=O.C[C@H]1S[C@H](C(C)(C)C)OC1=O. The molecule has 0 aromatic heterocycles. The van der Waals surface area contributed by atoms with E-state index in [-0.39, 0.29) is 44.1 Å². The first-order chi connectivity index (χ1) is 9.82. The lowest BCUT2D eigenvalue weighted by Gasteiger charge is -2.23. The summed E-state index contributed by atoms with van der Waals surface area (Å²) in [6.07, 6.45) is 0. The predicted molar refractivity (Wildman–Crippen MR) is 92.8 cm³/mol. The van der Waals surface area contributed by atoms with Crippen LogP contribution in [-0.4, -0.2) is 33.3 Å². The molecule has 0 saturated carbocycles. The van der Waals surface area contributed by atoms with Gasteiger partial charge in [-0.3, -0.25) is 9.59 Å². The summed E-state index contributed by atoms with van der Waals surface area (Å²) in [6, 6.07) is 0. The molecule has 2 heterocycles. The van der Waals surface area contributed by atoms with Gasteiger partial charge in [0.25, 0.3) is 0 Å². The van der Waals surface area contributed by atoms with Crippen molar-refractivity contribution in [1.29, 1.82) is 0 Å². The molecule has 2 rings (SSSR count). The fraction of sp³-hybridized carbons (Fsp3) is 0.875. The highest BCUT2D eigenvalue weighted by Crippen LogP contribution is 2.40. The van der Waals surface area contributed by atoms with Crippen LogP contribution < -0.4 is 0 Å². The van der Waals surface area contributed by atoms with Gasteiger partial charge in [-0.25, -0.2) is 0 Å². The molecule has 0 aromatic carbocycles. The Labute approximate surface area is 142 Å². The van der Waals surface area contributed by atoms with E-state index in [4.69, 9.17) is 9.47 Å². The van der Waals surface area contributed by atoms with Gasteiger partial charge >= 0.3 is 11.9 Å². The number of hydrogen-bond donors (Lipinski definition) is 0. The zero-order valence-electron chi connectivity index (χ0n) is 14.8. The smallest absolute Gasteiger partial charge is 0.320 e. The van der Waals surface area contributed by atoms with Crippen molar-refractivity contribution in [3.63, 3.8) is 0 Å². The largest absolute Gasteiger partial charge is 0.450 e. The summed E-state index contributed by atoms with van der Waals surface area (Å²) < 4.78 is 10.3. The summed E-state index contributed by atoms with van der Waals surface area (Å²) in [7, 11) is 0. The Bertz CT molecular complexity index is 383. The van der Waals surface area contributed by atoms with Crippen LogP contribution in [0.25, 0.3) is 0 Å². The van der Waals surface area contributed by atoms with E-state index in [2.05, 4.69) is 41.5 Å². The molecule has 2 aliphatic rings. The number of carbonyl (C=O) groups is 2. The Morgan fingerprint density at radius 3 is 1.09 bits per heavy atom. The standard InChI is InChI=1S/2C8H14O2S/c2*1-5-6(9)10-7(11-5)8(2,3)4/h2*5,7H,1-4H3/t5-,7+;5-,7-/m01/s1. The number of carbonyl (C=O) groups excluding carboxylic acids is 2. The van der Waals surface area contributed by atoms with Gasteiger partial charge in [-0.15, -0.1) is 23.5 Å². The quantitative estimate of drug-likeness (QED) is 0.615. The molecule has 0 unspecified atom stereocenters. The topological polar surface area (TPSA) is 52.6 Å². The second-order valence-electron chi connectivity index (χ2n) is 7.83. The second-order valence-corrected chi connectivity index (χ2v) is 10.6. The fourth-order valence-corrected chi connectivity index (χ4v) is 3.89. The van der Waals surface area contributed by atoms with Gasteiger partial charge in [0.15, 0.2) is 10.9 Å². The summed E-state index contributed by atoms with van der Waals surface area (Å²) in [5.41, 5.74) is 0.186. The van der Waals surface area contributed by atoms with Gasteiger partial charge in [-0.2, -0.15) is 0 Å². The zero-order chi connectivity index (χ0) is 17.3. The van der Waals surface area contributed by atoms with E-state index in [1.807, 2.05) is 13.8 Å². The van der Waals surface area contributed by atoms with E-state index in [0.717, 1.165) is 0 Å². The maximum absolute atomic E-state index is 11.0. The van der Waals surface area contributed by atoms with E-state index in [1.165, 1.54) is 0 Å². The van der Waals surface area contributed by atoms with Crippen molar-refractivity contribution >= 4 is 35.5 Å². The molecular weight excluding hydrogens is 320 g/mol. The Hall–Kier alpha value is -0.360. The van der Waals surface area contributed by atoms with E-state index in [0.29, 0.717) is 0 Å². The minimum absolute atomic E-state index is 0.0132. The molecule has 2 saturated heterocycles. The minimum atomic E-state index is -0.0741. The molecule has 128 valence electrons. The maximum atomic E-state index is 11.0. The molecule has 0 aromatic rings. The van der Waals surface area contributed by atoms with Crippen molar-refractivity contribution < 1.29 is 19.1 Å². The predicted octanol–water partition coefficient (Wildman–Crippen LogP) is 4.07. The first-order valence-electron chi connectivity index (χ1n) is 7.54. The highest BCUT2D eigenvalue weighted by atomic mass is 32.2. The first kappa shape index (κ1) is 19.7. The number of thioether (sulfide) groups is 2. The number of cyclic esters (lactones) is 2. The van der Waals surface area contributed by atoms with Crippen LogP contribution in [0.15, 0.2) is 0 Å². The average molecular weight is 349 g/mol. The van der Waals surface area contributed by atoms with Crippen molar-refractivity contribution in [1.82, 2.24) is 0 Å². The summed E-state index contributed by atoms with van der Waals surface area (Å²) >= 11 is 3.22. The van der Waals surface area contributed by atoms with Crippen molar-refractivity contribution in [2.24, 2.45) is 10.8 Å². The van der Waals surface area contributed by atoms with Crippen LogP contribution in [0.3, 0.4) is 0 Å². The third kappa shape index (κ3) is 5.37. The van der Waals surface area contributed by atoms with Crippen molar-refractivity contribution in [2.45, 2.75) is 76.8 Å². The van der Waals surface area contributed by atoms with E-state index >= 15 is 0 Å². The van der Waals surface area contributed by atoms with Crippen molar-refractivity contribution in [3.8, 4) is 0 Å². The molecule has 0 amide bonds. The molecule has 4 nitrogen and oxygen atoms in total. The van der Waals surface area contributed by atoms with Crippen molar-refractivity contribution in [3.05, 3.63) is 0 Å². The molecular formula is C16H28O4S2. The molecule has 0 spiro atoms. The van der Waals surface area contributed by atoms with E-state index < -0.39 is 0 Å². The van der Waals surface area contributed by atoms with Gasteiger partial charge in [-0.1, -0.05) is 41.5 Å². The second kappa shape index (κ2) is 7.04. The zero-order valence-corrected chi connectivity index (χ0v) is 16.4. The molecule has 2 aliphatic heterocycles. The lowest BCUT2D eigenvalue weighted by Crippen LogP contribution is -2.23. The molecule has 0 radical (unpaired) electrons. The molecule has 4 atom stereocenters. The number of ether oxygens (including phenoxy) is 2. The monoisotopic (exact) mass is 348 g/mol. The van der Waals surface area contributed by atoms with Gasteiger partial charge in [0.2, 0.25) is 0 Å². The highest BCUT2D eigenvalue weighted by Gasteiger charge is 2.39. The van der Waals surface area contributed by atoms with Crippen LogP contribution in [0, 0.1) is 10.8 Å². The summed E-state index contributed by atoms with van der Waals surface area (Å²) in [5.74, 6) is -0.148. The van der Waals surface area contributed by atoms with Crippen LogP contribution in [0.2, 0.25) is 0 Å². The fourth-order valence-electron chi connectivity index (χ4n) is 1.70. The maximum Gasteiger partial charge on any atom is 0.320 e. The number of rotatable bonds is 0. The Morgan fingerprint density at radius 1 is 0.727 bits per heavy atom. The van der Waals surface area contributed by atoms with Gasteiger partial charge in [0.1, 0.15) is 10.5 Å². The lowest BCUT2D eigenvalue weighted by atomic mass is 9.98. The van der Waals surface area contributed by atoms with Gasteiger partial charge in [-0.05, 0) is 13.8 Å². The third-order valence-electron chi connectivity index (χ3n) is 3.18. The molecule has 0 aliphatic carbocycles. The normalized spacial score (nSPS) is 32.2. The van der Waals surface area contributed by atoms with Crippen LogP contribution in [-0.2, 0) is 19.1 Å². The van der Waals surface area contributed by atoms with E-state index in [9.17, 15) is 9.59 Å². The molecule has 0 bridgehead atoms. The number of hydrogen-bond acceptors (Lipinski definition) is 6. The van der Waals surface area contributed by atoms with E-state index in [1.54, 1.807) is 23.5 Å². The Morgan fingerprint density at radius 2 is 1.00 bits per heavy atom. The van der Waals surface area contributed by atoms with Crippen LogP contribution in [0.4, 0.5) is 0 Å². The van der Waals surface area contributed by atoms with Crippen molar-refractivity contribution in [2.75, 3.05) is 0 Å². The van der Waals surface area contributed by atoms with Crippen LogP contribution in [0.5, 0.6) is 0 Å². The molecule has 2 fully saturated rings. The summed E-state index contributed by atoms with van der Waals surface area (Å²) in [6.45, 7) is 16.3. The first-order valence-corrected chi connectivity index (χ1v) is 9.43. The Kier molecular flexibility index (Phi) is 6.30. The summed E-state index contributed by atoms with van der Waals surface area (Å²) in [4.78, 5) is 22.0. The van der Waals surface area contributed by atoms with Crippen LogP contribution >= 0.6 is 23.5 Å². The third-order valence-corrected chi connectivity index (χ3v) is 6.48. The lowest BCUT2D eigenvalue weighted by molar-refractivity contribution is -0.145. The van der Waals surface area contributed by atoms with Gasteiger partial charge < -0.3 is 9.47 Å². The summed E-state index contributed by atoms with van der Waals surface area (Å²) in [5, 5.41) is 0.0263. The minimum Gasteiger partial charge on any atom is -0.450 e. The van der Waals surface area contributed by atoms with Crippen LogP contribution in [0.1, 0.15) is 55.4 Å². The average Bonchev–Trinajstić information content (AvgIpc) is 2.84. The molecule has 6 heteroatoms.